The molecule has 2 heterocycles. The Balaban J connectivity index is 1.61. The van der Waals surface area contributed by atoms with Gasteiger partial charge >= 0.3 is 10.3 Å². The molecule has 0 aliphatic carbocycles. The van der Waals surface area contributed by atoms with Gasteiger partial charge in [0.1, 0.15) is 18.1 Å². The quantitative estimate of drug-likeness (QED) is 0.0590. The molecule has 1 aliphatic heterocycles. The number of anilines is 1. The van der Waals surface area contributed by atoms with E-state index in [1.54, 1.807) is 24.3 Å². The molecule has 2 aromatic rings. The van der Waals surface area contributed by atoms with E-state index in [4.69, 9.17) is 30.8 Å². The maximum Gasteiger partial charge on any atom is 0.362 e. The average molecular weight is 527 g/mol. The number of nitrogens with two attached hydrogens (primary N) is 2. The molecule has 0 saturated carbocycles. The van der Waals surface area contributed by atoms with Gasteiger partial charge in [0.15, 0.2) is 29.1 Å². The van der Waals surface area contributed by atoms with Crippen molar-refractivity contribution in [1.82, 2.24) is 9.29 Å². The molecule has 0 unspecified atom stereocenters. The first-order valence-corrected chi connectivity index (χ1v) is 12.3. The Kier molecular flexibility index (Phi) is 7.88. The maximum atomic E-state index is 12.9. The predicted octanol–water partition coefficient (Wildman–Crippen LogP) is 0.228. The number of oxime groups is 2. The average Bonchev–Trinajstić information content (AvgIpc) is 3.24. The Morgan fingerprint density at radius 1 is 1.29 bits per heavy atom. The molecule has 0 bridgehead atoms. The number of ether oxygens (including phenoxy) is 1. The van der Waals surface area contributed by atoms with E-state index in [1.807, 2.05) is 0 Å². The normalized spacial score (nSPS) is 18.8. The summed E-state index contributed by atoms with van der Waals surface area (Å²) in [6, 6.07) is 5.51. The molecule has 2 atom stereocenters. The summed E-state index contributed by atoms with van der Waals surface area (Å²) in [5, 5.41) is 17.1. The van der Waals surface area contributed by atoms with E-state index in [0.717, 1.165) is 11.3 Å². The minimum Gasteiger partial charge on any atom is -0.490 e. The topological polar surface area (TPSA) is 220 Å². The zero-order chi connectivity index (χ0) is 25.8. The number of thiazole rings is 1. The summed E-state index contributed by atoms with van der Waals surface area (Å²) in [6.45, 7) is 1.42. The number of β-lactam (4-membered cyclic amide) rings is 1. The van der Waals surface area contributed by atoms with E-state index in [9.17, 15) is 18.0 Å². The second-order valence-corrected chi connectivity index (χ2v) is 9.47. The first kappa shape index (κ1) is 25.9. The molecule has 1 aromatic heterocycles. The molecule has 0 radical (unpaired) electrons. The van der Waals surface area contributed by atoms with E-state index < -0.39 is 34.0 Å². The zero-order valence-corrected chi connectivity index (χ0v) is 19.9. The lowest BCUT2D eigenvalue weighted by Gasteiger charge is -2.41. The number of ketones is 1. The highest BCUT2D eigenvalue weighted by atomic mass is 32.2. The van der Waals surface area contributed by atoms with Gasteiger partial charge in [-0.05, 0) is 31.2 Å². The molecule has 1 saturated heterocycles. The van der Waals surface area contributed by atoms with Crippen LogP contribution >= 0.6 is 11.3 Å². The van der Waals surface area contributed by atoms with Crippen LogP contribution in [0.4, 0.5) is 5.13 Å². The van der Waals surface area contributed by atoms with Crippen molar-refractivity contribution in [2.24, 2.45) is 22.0 Å². The maximum absolute atomic E-state index is 12.9. The number of nitrogen functional groups attached to an aromatic ring is 1. The molecular formula is C19H22N6O8S2. The molecule has 0 spiro atoms. The lowest BCUT2D eigenvalue weighted by Crippen LogP contribution is -2.62. The van der Waals surface area contributed by atoms with Crippen LogP contribution in [0.2, 0.25) is 0 Å². The Hall–Kier alpha value is -3.76. The molecule has 6 N–H and O–H groups in total. The highest BCUT2D eigenvalue weighted by Crippen LogP contribution is 2.32. The van der Waals surface area contributed by atoms with E-state index in [0.29, 0.717) is 15.6 Å². The molecule has 3 rings (SSSR count). The molecular weight excluding hydrogens is 504 g/mol. The molecule has 1 aliphatic rings. The van der Waals surface area contributed by atoms with Gasteiger partial charge in [-0.25, -0.2) is 9.29 Å². The third-order valence-electron chi connectivity index (χ3n) is 5.03. The van der Waals surface area contributed by atoms with Crippen molar-refractivity contribution in [2.45, 2.75) is 19.4 Å². The Morgan fingerprint density at radius 3 is 2.51 bits per heavy atom. The number of hydrogen-bond acceptors (Lipinski definition) is 12. The Morgan fingerprint density at radius 2 is 1.97 bits per heavy atom. The van der Waals surface area contributed by atoms with Gasteiger partial charge in [0, 0.05) is 17.4 Å². The molecule has 1 fully saturated rings. The van der Waals surface area contributed by atoms with Crippen molar-refractivity contribution in [2.75, 3.05) is 18.9 Å². The van der Waals surface area contributed by atoms with Crippen LogP contribution in [0.25, 0.3) is 0 Å². The minimum atomic E-state index is -4.70. The number of amidine groups is 1. The summed E-state index contributed by atoms with van der Waals surface area (Å²) in [5.41, 5.74) is 11.6. The number of Topliss-reactive ketones (excluding diaryl/α,β-unsaturated/α-hetero) is 1. The second kappa shape index (κ2) is 10.7. The van der Waals surface area contributed by atoms with Crippen molar-refractivity contribution in [3.8, 4) is 5.75 Å². The summed E-state index contributed by atoms with van der Waals surface area (Å²) in [7, 11) is -4.70. The van der Waals surface area contributed by atoms with Gasteiger partial charge < -0.3 is 26.2 Å². The van der Waals surface area contributed by atoms with E-state index >= 15 is 0 Å². The lowest BCUT2D eigenvalue weighted by molar-refractivity contribution is -0.147. The Bertz CT molecular complexity index is 1260. The number of carbonyl (C=O) groups is 2. The highest BCUT2D eigenvalue weighted by Gasteiger charge is 2.51. The van der Waals surface area contributed by atoms with Gasteiger partial charge in [-0.1, -0.05) is 10.3 Å². The summed E-state index contributed by atoms with van der Waals surface area (Å²) >= 11 is 1.07. The van der Waals surface area contributed by atoms with Crippen LogP contribution in [0.15, 0.2) is 40.0 Å². The standard InChI is InChI=1S/C19H22N6O8S2/c1-10-13(18(27)25(10)35(29,30)31)8-15(26)16(14-9-34-19(21)22-14)24-33-7-6-32-12-4-2-11(3-5-12)17(20)23-28/h2-5,9-10,13,28H,6-8H2,1H3,(H2,20,23)(H2,21,22)(H,29,30,31)/b24-16-/t10-,13-/m0/s1. The molecule has 1 aromatic carbocycles. The summed E-state index contributed by atoms with van der Waals surface area (Å²) in [4.78, 5) is 34.2. The van der Waals surface area contributed by atoms with Gasteiger partial charge in [-0.2, -0.15) is 8.42 Å². The zero-order valence-electron chi connectivity index (χ0n) is 18.3. The van der Waals surface area contributed by atoms with Gasteiger partial charge in [0.25, 0.3) is 0 Å². The van der Waals surface area contributed by atoms with Crippen molar-refractivity contribution in [3.63, 3.8) is 0 Å². The lowest BCUT2D eigenvalue weighted by atomic mass is 9.86. The summed E-state index contributed by atoms with van der Waals surface area (Å²) in [5.74, 6) is -2.02. The first-order valence-electron chi connectivity index (χ1n) is 9.99. The fourth-order valence-corrected chi connectivity index (χ4v) is 4.73. The highest BCUT2D eigenvalue weighted by molar-refractivity contribution is 7.84. The fraction of sp³-hybridized carbons (Fsp3) is 0.316. The van der Waals surface area contributed by atoms with E-state index in [2.05, 4.69) is 15.3 Å². The molecule has 1 amide bonds. The molecule has 14 nitrogen and oxygen atoms in total. The number of nitrogens with zero attached hydrogens (tertiary/aromatic N) is 4. The summed E-state index contributed by atoms with van der Waals surface area (Å²) in [6.07, 6.45) is -0.366. The van der Waals surface area contributed by atoms with Crippen LogP contribution in [0.5, 0.6) is 5.75 Å². The Labute approximate surface area is 203 Å². The van der Waals surface area contributed by atoms with Gasteiger partial charge in [-0.3, -0.25) is 14.1 Å². The van der Waals surface area contributed by atoms with Crippen molar-refractivity contribution in [1.29, 1.82) is 0 Å². The van der Waals surface area contributed by atoms with Crippen LogP contribution in [0.1, 0.15) is 24.6 Å². The van der Waals surface area contributed by atoms with Crippen molar-refractivity contribution in [3.05, 3.63) is 40.9 Å². The molecule has 35 heavy (non-hydrogen) atoms. The third kappa shape index (κ3) is 6.03. The second-order valence-electron chi connectivity index (χ2n) is 7.29. The predicted molar refractivity (Wildman–Crippen MR) is 124 cm³/mol. The number of benzene rings is 1. The van der Waals surface area contributed by atoms with Crippen LogP contribution in [0.3, 0.4) is 0 Å². The SMILES string of the molecule is C[C@H]1[C@H](CC(=O)/C(=N\OCCOc2ccc(C(N)=NO)cc2)c2csc(N)n2)C(=O)N1S(=O)(=O)O. The monoisotopic (exact) mass is 526 g/mol. The van der Waals surface area contributed by atoms with Gasteiger partial charge in [0.2, 0.25) is 5.91 Å². The van der Waals surface area contributed by atoms with Gasteiger partial charge in [0.05, 0.1) is 12.0 Å². The molecule has 188 valence electrons. The van der Waals surface area contributed by atoms with Crippen LogP contribution in [-0.2, 0) is 24.7 Å². The number of rotatable bonds is 11. The number of carbonyl (C=O) groups excluding carboxylic acids is 2. The smallest absolute Gasteiger partial charge is 0.362 e. The largest absolute Gasteiger partial charge is 0.490 e. The molecule has 16 heteroatoms. The number of aromatic nitrogens is 1. The number of hydrogen-bond donors (Lipinski definition) is 4. The van der Waals surface area contributed by atoms with E-state index in [-0.39, 0.29) is 42.0 Å². The van der Waals surface area contributed by atoms with Crippen LogP contribution < -0.4 is 16.2 Å². The van der Waals surface area contributed by atoms with Crippen LogP contribution in [0, 0.1) is 5.92 Å². The first-order chi connectivity index (χ1) is 16.5. The van der Waals surface area contributed by atoms with Crippen molar-refractivity contribution < 1.29 is 37.3 Å². The minimum absolute atomic E-state index is 0.0437. The van der Waals surface area contributed by atoms with E-state index in [1.165, 1.54) is 12.3 Å². The van der Waals surface area contributed by atoms with Gasteiger partial charge in [-0.15, -0.1) is 11.3 Å². The third-order valence-corrected chi connectivity index (χ3v) is 6.71. The van der Waals surface area contributed by atoms with Crippen molar-refractivity contribution >= 4 is 50.0 Å². The fourth-order valence-electron chi connectivity index (χ4n) is 3.25. The number of amides is 1. The summed E-state index contributed by atoms with van der Waals surface area (Å²) < 4.78 is 37.5. The van der Waals surface area contributed by atoms with Crippen LogP contribution in [-0.4, -0.2) is 70.0 Å².